The molecule has 0 aliphatic heterocycles. The van der Waals surface area contributed by atoms with Gasteiger partial charge in [0.05, 0.1) is 6.20 Å². The van der Waals surface area contributed by atoms with Crippen LogP contribution in [0.2, 0.25) is 0 Å². The molecule has 0 amide bonds. The highest BCUT2D eigenvalue weighted by molar-refractivity contribution is 5.40. The maximum Gasteiger partial charge on any atom is 0.0521 e. The van der Waals surface area contributed by atoms with Gasteiger partial charge in [-0.2, -0.15) is 5.10 Å². The topological polar surface area (TPSA) is 43.8 Å². The molecule has 76 valence electrons. The molecule has 0 radical (unpaired) electrons. The maximum absolute atomic E-state index is 6.37. The van der Waals surface area contributed by atoms with Gasteiger partial charge in [0, 0.05) is 23.7 Å². The predicted octanol–water partition coefficient (Wildman–Crippen LogP) is 1.25. The first-order valence-corrected chi connectivity index (χ1v) is 5.37. The summed E-state index contributed by atoms with van der Waals surface area (Å²) in [4.78, 5) is 0. The van der Waals surface area contributed by atoms with Gasteiger partial charge in [0.2, 0.25) is 0 Å². The molecule has 0 atom stereocenters. The summed E-state index contributed by atoms with van der Waals surface area (Å²) in [5, 5.41) is 4.32. The fourth-order valence-electron chi connectivity index (χ4n) is 2.94. The van der Waals surface area contributed by atoms with Crippen LogP contribution in [0.25, 0.3) is 0 Å². The summed E-state index contributed by atoms with van der Waals surface area (Å²) in [5.41, 5.74) is 9.45. The van der Waals surface area contributed by atoms with Crippen LogP contribution >= 0.6 is 0 Å². The van der Waals surface area contributed by atoms with E-state index in [1.807, 2.05) is 17.9 Å². The second kappa shape index (κ2) is 2.22. The first kappa shape index (κ1) is 8.48. The van der Waals surface area contributed by atoms with Gasteiger partial charge in [0.25, 0.3) is 0 Å². The molecular formula is C11H17N3. The smallest absolute Gasteiger partial charge is 0.0521 e. The fourth-order valence-corrected chi connectivity index (χ4v) is 2.94. The summed E-state index contributed by atoms with van der Waals surface area (Å²) >= 11 is 0. The summed E-state index contributed by atoms with van der Waals surface area (Å²) in [6, 6.07) is 0. The minimum atomic E-state index is 0.103. The minimum absolute atomic E-state index is 0.103. The van der Waals surface area contributed by atoms with Crippen molar-refractivity contribution in [3.05, 3.63) is 17.5 Å². The number of nitrogens with two attached hydrogens (primary N) is 1. The lowest BCUT2D eigenvalue weighted by Gasteiger charge is -2.24. The summed E-state index contributed by atoms with van der Waals surface area (Å²) in [6.07, 6.45) is 6.85. The van der Waals surface area contributed by atoms with Crippen molar-refractivity contribution in [2.75, 3.05) is 0 Å². The molecule has 1 heterocycles. The van der Waals surface area contributed by atoms with Crippen molar-refractivity contribution in [3.8, 4) is 0 Å². The van der Waals surface area contributed by atoms with Crippen molar-refractivity contribution >= 4 is 0 Å². The van der Waals surface area contributed by atoms with Gasteiger partial charge in [0.15, 0.2) is 0 Å². The monoisotopic (exact) mass is 191 g/mol. The molecule has 0 unspecified atom stereocenters. The number of aryl methyl sites for hydroxylation is 2. The zero-order valence-electron chi connectivity index (χ0n) is 8.88. The number of hydrogen-bond donors (Lipinski definition) is 1. The number of aromatic nitrogens is 2. The van der Waals surface area contributed by atoms with Crippen molar-refractivity contribution in [2.24, 2.45) is 12.8 Å². The molecule has 0 spiro atoms. The lowest BCUT2D eigenvalue weighted by atomic mass is 9.88. The van der Waals surface area contributed by atoms with Gasteiger partial charge in [-0.25, -0.2) is 0 Å². The predicted molar refractivity (Wildman–Crippen MR) is 55.0 cm³/mol. The van der Waals surface area contributed by atoms with Gasteiger partial charge < -0.3 is 5.73 Å². The molecule has 2 aliphatic carbocycles. The van der Waals surface area contributed by atoms with Crippen molar-refractivity contribution in [2.45, 2.75) is 43.6 Å². The fraction of sp³-hybridized carbons (Fsp3) is 0.727. The van der Waals surface area contributed by atoms with E-state index in [1.165, 1.54) is 36.9 Å². The first-order chi connectivity index (χ1) is 6.59. The molecule has 0 bridgehead atoms. The van der Waals surface area contributed by atoms with Crippen LogP contribution in [-0.2, 0) is 12.5 Å². The third kappa shape index (κ3) is 0.836. The van der Waals surface area contributed by atoms with E-state index >= 15 is 0 Å². The normalized spacial score (nSPS) is 26.2. The molecule has 3 rings (SSSR count). The molecular weight excluding hydrogens is 174 g/mol. The molecule has 1 aromatic rings. The van der Waals surface area contributed by atoms with Crippen LogP contribution < -0.4 is 5.73 Å². The first-order valence-electron chi connectivity index (χ1n) is 5.37. The van der Waals surface area contributed by atoms with Crippen LogP contribution in [0.4, 0.5) is 0 Å². The van der Waals surface area contributed by atoms with Crippen LogP contribution in [0.15, 0.2) is 6.20 Å². The van der Waals surface area contributed by atoms with Gasteiger partial charge >= 0.3 is 0 Å². The lowest BCUT2D eigenvalue weighted by molar-refractivity contribution is 0.465. The Hall–Kier alpha value is -0.830. The average molecular weight is 191 g/mol. The molecule has 2 saturated carbocycles. The Bertz CT molecular complexity index is 364. The Morgan fingerprint density at radius 2 is 2.00 bits per heavy atom. The Morgan fingerprint density at radius 1 is 1.36 bits per heavy atom. The SMILES string of the molecule is Cc1cnn(C)c1C1(C2(N)CC2)CC1. The van der Waals surface area contributed by atoms with E-state index in [9.17, 15) is 0 Å². The van der Waals surface area contributed by atoms with Gasteiger partial charge in [-0.05, 0) is 38.2 Å². The van der Waals surface area contributed by atoms with E-state index in [4.69, 9.17) is 5.73 Å². The van der Waals surface area contributed by atoms with E-state index < -0.39 is 0 Å². The van der Waals surface area contributed by atoms with Crippen LogP contribution in [0.1, 0.15) is 36.9 Å². The highest BCUT2D eigenvalue weighted by Gasteiger charge is 2.65. The van der Waals surface area contributed by atoms with Crippen LogP contribution in [0, 0.1) is 6.92 Å². The second-order valence-electron chi connectivity index (χ2n) is 5.04. The lowest BCUT2D eigenvalue weighted by Crippen LogP contribution is -2.39. The number of nitrogens with zero attached hydrogens (tertiary/aromatic N) is 2. The molecule has 3 heteroatoms. The third-order valence-corrected chi connectivity index (χ3v) is 4.07. The molecule has 3 nitrogen and oxygen atoms in total. The van der Waals surface area contributed by atoms with E-state index in [-0.39, 0.29) is 11.0 Å². The Balaban J connectivity index is 2.10. The van der Waals surface area contributed by atoms with Crippen molar-refractivity contribution in [1.29, 1.82) is 0 Å². The molecule has 2 fully saturated rings. The van der Waals surface area contributed by atoms with E-state index in [0.29, 0.717) is 0 Å². The van der Waals surface area contributed by atoms with Crippen molar-refractivity contribution in [3.63, 3.8) is 0 Å². The van der Waals surface area contributed by atoms with Crippen LogP contribution in [-0.4, -0.2) is 15.3 Å². The van der Waals surface area contributed by atoms with E-state index in [0.717, 1.165) is 0 Å². The number of rotatable bonds is 2. The Labute approximate surface area is 84.3 Å². The van der Waals surface area contributed by atoms with E-state index in [2.05, 4.69) is 12.0 Å². The van der Waals surface area contributed by atoms with Gasteiger partial charge in [0.1, 0.15) is 0 Å². The second-order valence-corrected chi connectivity index (χ2v) is 5.04. The van der Waals surface area contributed by atoms with Gasteiger partial charge in [-0.3, -0.25) is 4.68 Å². The van der Waals surface area contributed by atoms with Gasteiger partial charge in [-0.15, -0.1) is 0 Å². The largest absolute Gasteiger partial charge is 0.324 e. The third-order valence-electron chi connectivity index (χ3n) is 4.07. The highest BCUT2D eigenvalue weighted by Crippen LogP contribution is 2.63. The number of hydrogen-bond acceptors (Lipinski definition) is 2. The van der Waals surface area contributed by atoms with E-state index in [1.54, 1.807) is 0 Å². The summed E-state index contributed by atoms with van der Waals surface area (Å²) in [6.45, 7) is 2.15. The van der Waals surface area contributed by atoms with Crippen molar-refractivity contribution < 1.29 is 0 Å². The molecule has 14 heavy (non-hydrogen) atoms. The zero-order chi connectivity index (χ0) is 9.97. The van der Waals surface area contributed by atoms with Crippen molar-refractivity contribution in [1.82, 2.24) is 9.78 Å². The molecule has 1 aromatic heterocycles. The Morgan fingerprint density at radius 3 is 2.36 bits per heavy atom. The summed E-state index contributed by atoms with van der Waals surface area (Å²) in [5.74, 6) is 0. The highest BCUT2D eigenvalue weighted by atomic mass is 15.3. The molecule has 0 saturated heterocycles. The van der Waals surface area contributed by atoms with Crippen LogP contribution in [0.5, 0.6) is 0 Å². The maximum atomic E-state index is 6.37. The molecule has 2 aliphatic rings. The standard InChI is InChI=1S/C11H17N3/c1-8-7-13-14(2)9(8)10(3-4-10)11(12)5-6-11/h7H,3-6,12H2,1-2H3. The average Bonchev–Trinajstić information content (AvgIpc) is 3.01. The minimum Gasteiger partial charge on any atom is -0.324 e. The summed E-state index contributed by atoms with van der Waals surface area (Å²) in [7, 11) is 2.04. The molecule has 0 aromatic carbocycles. The Kier molecular flexibility index (Phi) is 1.34. The molecule has 2 N–H and O–H groups in total. The van der Waals surface area contributed by atoms with Gasteiger partial charge in [-0.1, -0.05) is 0 Å². The summed E-state index contributed by atoms with van der Waals surface area (Å²) < 4.78 is 2.02. The quantitative estimate of drug-likeness (QED) is 0.764. The van der Waals surface area contributed by atoms with Crippen LogP contribution in [0.3, 0.4) is 0 Å². The zero-order valence-corrected chi connectivity index (χ0v) is 8.88.